The molecule has 1 heterocycles. The van der Waals surface area contributed by atoms with Crippen LogP contribution in [0.5, 0.6) is 23.0 Å². The Balaban J connectivity index is 1.79. The van der Waals surface area contributed by atoms with Crippen LogP contribution in [0.3, 0.4) is 0 Å². The minimum absolute atomic E-state index is 0.0572. The molecule has 0 fully saturated rings. The Kier molecular flexibility index (Phi) is 3.70. The Morgan fingerprint density at radius 2 is 2.00 bits per heavy atom. The smallest absolute Gasteiger partial charge is 0.231 e. The van der Waals surface area contributed by atoms with Crippen LogP contribution < -0.4 is 14.2 Å². The van der Waals surface area contributed by atoms with E-state index in [1.807, 2.05) is 0 Å². The predicted molar refractivity (Wildman–Crippen MR) is 80.6 cm³/mol. The number of methoxy groups -OCH3 is 1. The van der Waals surface area contributed by atoms with E-state index in [9.17, 15) is 9.90 Å². The van der Waals surface area contributed by atoms with Crippen molar-refractivity contribution in [3.05, 3.63) is 53.6 Å². The third-order valence-corrected chi connectivity index (χ3v) is 3.29. The highest BCUT2D eigenvalue weighted by Gasteiger charge is 2.15. The summed E-state index contributed by atoms with van der Waals surface area (Å²) < 4.78 is 15.5. The summed E-state index contributed by atoms with van der Waals surface area (Å²) in [6, 6.07) is 9.93. The Hall–Kier alpha value is -2.95. The van der Waals surface area contributed by atoms with Crippen molar-refractivity contribution in [2.24, 2.45) is 0 Å². The molecule has 0 spiro atoms. The maximum Gasteiger partial charge on any atom is 0.231 e. The Bertz CT molecular complexity index is 749. The molecule has 0 aliphatic carbocycles. The van der Waals surface area contributed by atoms with Gasteiger partial charge in [-0.25, -0.2) is 0 Å². The molecule has 0 unspecified atom stereocenters. The molecule has 0 atom stereocenters. The molecule has 0 radical (unpaired) electrons. The highest BCUT2D eigenvalue weighted by Crippen LogP contribution is 2.32. The fourth-order valence-corrected chi connectivity index (χ4v) is 2.12. The van der Waals surface area contributed by atoms with Gasteiger partial charge in [-0.1, -0.05) is 12.1 Å². The van der Waals surface area contributed by atoms with Gasteiger partial charge < -0.3 is 19.3 Å². The molecule has 2 aromatic rings. The third kappa shape index (κ3) is 2.74. The van der Waals surface area contributed by atoms with E-state index in [4.69, 9.17) is 14.2 Å². The molecule has 0 saturated carbocycles. The number of ketones is 1. The van der Waals surface area contributed by atoms with E-state index in [0.717, 1.165) is 5.56 Å². The van der Waals surface area contributed by atoms with Crippen molar-refractivity contribution < 1.29 is 24.1 Å². The summed E-state index contributed by atoms with van der Waals surface area (Å²) >= 11 is 0. The van der Waals surface area contributed by atoms with Gasteiger partial charge in [0.1, 0.15) is 0 Å². The molecular weight excluding hydrogens is 284 g/mol. The number of phenolic OH excluding ortho intramolecular Hbond substituents is 1. The van der Waals surface area contributed by atoms with Gasteiger partial charge in [-0.3, -0.25) is 4.79 Å². The number of allylic oxidation sites excluding steroid dienone is 1. The largest absolute Gasteiger partial charge is 0.504 e. The number of hydrogen-bond acceptors (Lipinski definition) is 5. The number of fused-ring (bicyclic) bond motifs is 1. The molecule has 3 rings (SSSR count). The summed E-state index contributed by atoms with van der Waals surface area (Å²) in [6.45, 7) is 0.177. The molecule has 1 aliphatic heterocycles. The Morgan fingerprint density at radius 1 is 1.18 bits per heavy atom. The molecule has 0 bridgehead atoms. The number of carbonyl (C=O) groups is 1. The molecule has 1 aliphatic rings. The number of rotatable bonds is 4. The standard InChI is InChI=1S/C17H14O5/c1-20-16-8-11(3-6-14(16)19)2-5-13(18)12-4-7-15-17(9-12)22-10-21-15/h2-9,19H,10H2,1H3. The molecule has 22 heavy (non-hydrogen) atoms. The third-order valence-electron chi connectivity index (χ3n) is 3.29. The van der Waals surface area contributed by atoms with E-state index >= 15 is 0 Å². The van der Waals surface area contributed by atoms with Gasteiger partial charge in [0.05, 0.1) is 7.11 Å². The minimum Gasteiger partial charge on any atom is -0.504 e. The summed E-state index contributed by atoms with van der Waals surface area (Å²) in [6.07, 6.45) is 3.12. The fraction of sp³-hybridized carbons (Fsp3) is 0.118. The second kappa shape index (κ2) is 5.81. The maximum absolute atomic E-state index is 12.2. The number of hydrogen-bond donors (Lipinski definition) is 1. The summed E-state index contributed by atoms with van der Waals surface area (Å²) in [5.74, 6) is 1.49. The Morgan fingerprint density at radius 3 is 2.82 bits per heavy atom. The SMILES string of the molecule is COc1cc(C=CC(=O)c2ccc3c(c2)OCO3)ccc1O. The van der Waals surface area contributed by atoms with Crippen LogP contribution in [0.4, 0.5) is 0 Å². The first-order valence-corrected chi connectivity index (χ1v) is 6.66. The van der Waals surface area contributed by atoms with Crippen LogP contribution >= 0.6 is 0 Å². The van der Waals surface area contributed by atoms with E-state index in [1.54, 1.807) is 36.4 Å². The van der Waals surface area contributed by atoms with E-state index in [-0.39, 0.29) is 18.3 Å². The second-order valence-corrected chi connectivity index (χ2v) is 4.70. The molecule has 2 aromatic carbocycles. The lowest BCUT2D eigenvalue weighted by Crippen LogP contribution is -1.94. The monoisotopic (exact) mass is 298 g/mol. The molecule has 0 aromatic heterocycles. The molecular formula is C17H14O5. The van der Waals surface area contributed by atoms with Gasteiger partial charge in [0.25, 0.3) is 0 Å². The van der Waals surface area contributed by atoms with Gasteiger partial charge in [0.15, 0.2) is 28.8 Å². The molecule has 1 N–H and O–H groups in total. The normalized spacial score (nSPS) is 12.6. The topological polar surface area (TPSA) is 65.0 Å². The first-order valence-electron chi connectivity index (χ1n) is 6.66. The number of ether oxygens (including phenoxy) is 3. The first-order chi connectivity index (χ1) is 10.7. The zero-order valence-corrected chi connectivity index (χ0v) is 11.9. The fourth-order valence-electron chi connectivity index (χ4n) is 2.12. The first kappa shape index (κ1) is 14.0. The van der Waals surface area contributed by atoms with E-state index in [2.05, 4.69) is 0 Å². The molecule has 5 nitrogen and oxygen atoms in total. The van der Waals surface area contributed by atoms with E-state index < -0.39 is 0 Å². The van der Waals surface area contributed by atoms with Crippen molar-refractivity contribution >= 4 is 11.9 Å². The predicted octanol–water partition coefficient (Wildman–Crippen LogP) is 3.03. The van der Waals surface area contributed by atoms with Gasteiger partial charge in [0.2, 0.25) is 6.79 Å². The van der Waals surface area contributed by atoms with Crippen LogP contribution in [0.2, 0.25) is 0 Å². The number of phenols is 1. The van der Waals surface area contributed by atoms with Crippen LogP contribution in [-0.2, 0) is 0 Å². The van der Waals surface area contributed by atoms with Crippen molar-refractivity contribution in [3.63, 3.8) is 0 Å². The van der Waals surface area contributed by atoms with Crippen LogP contribution in [-0.4, -0.2) is 24.8 Å². The van der Waals surface area contributed by atoms with E-state index in [0.29, 0.717) is 22.8 Å². The van der Waals surface area contributed by atoms with Crippen molar-refractivity contribution in [2.45, 2.75) is 0 Å². The maximum atomic E-state index is 12.2. The van der Waals surface area contributed by atoms with Crippen LogP contribution in [0.25, 0.3) is 6.08 Å². The number of benzene rings is 2. The van der Waals surface area contributed by atoms with Crippen molar-refractivity contribution in [1.29, 1.82) is 0 Å². The van der Waals surface area contributed by atoms with Crippen LogP contribution in [0, 0.1) is 0 Å². The molecule has 112 valence electrons. The van der Waals surface area contributed by atoms with Gasteiger partial charge in [-0.15, -0.1) is 0 Å². The zero-order valence-electron chi connectivity index (χ0n) is 11.9. The lowest BCUT2D eigenvalue weighted by Gasteiger charge is -2.03. The van der Waals surface area contributed by atoms with Gasteiger partial charge in [0, 0.05) is 5.56 Å². The van der Waals surface area contributed by atoms with Crippen molar-refractivity contribution in [3.8, 4) is 23.0 Å². The average molecular weight is 298 g/mol. The molecule has 0 saturated heterocycles. The second-order valence-electron chi connectivity index (χ2n) is 4.70. The summed E-state index contributed by atoms with van der Waals surface area (Å²) in [7, 11) is 1.47. The zero-order chi connectivity index (χ0) is 15.5. The van der Waals surface area contributed by atoms with Crippen LogP contribution in [0.15, 0.2) is 42.5 Å². The summed E-state index contributed by atoms with van der Waals surface area (Å²) in [4.78, 5) is 12.2. The summed E-state index contributed by atoms with van der Waals surface area (Å²) in [5, 5.41) is 9.54. The van der Waals surface area contributed by atoms with Gasteiger partial charge in [-0.05, 0) is 42.0 Å². The average Bonchev–Trinajstić information content (AvgIpc) is 3.01. The minimum atomic E-state index is -0.148. The van der Waals surface area contributed by atoms with Crippen molar-refractivity contribution in [1.82, 2.24) is 0 Å². The summed E-state index contributed by atoms with van der Waals surface area (Å²) in [5.41, 5.74) is 1.27. The number of carbonyl (C=O) groups excluding carboxylic acids is 1. The van der Waals surface area contributed by atoms with Crippen LogP contribution in [0.1, 0.15) is 15.9 Å². The Labute approximate surface area is 127 Å². The van der Waals surface area contributed by atoms with Gasteiger partial charge in [-0.2, -0.15) is 0 Å². The molecule has 5 heteroatoms. The van der Waals surface area contributed by atoms with Crippen molar-refractivity contribution in [2.75, 3.05) is 13.9 Å². The number of aromatic hydroxyl groups is 1. The quantitative estimate of drug-likeness (QED) is 0.694. The molecule has 0 amide bonds. The lowest BCUT2D eigenvalue weighted by molar-refractivity contribution is 0.104. The highest BCUT2D eigenvalue weighted by molar-refractivity contribution is 6.07. The van der Waals surface area contributed by atoms with Gasteiger partial charge >= 0.3 is 0 Å². The highest BCUT2D eigenvalue weighted by atomic mass is 16.7. The lowest BCUT2D eigenvalue weighted by atomic mass is 10.1. The van der Waals surface area contributed by atoms with E-state index in [1.165, 1.54) is 19.3 Å².